The van der Waals surface area contributed by atoms with Gasteiger partial charge in [0.05, 0.1) is 15.5 Å². The van der Waals surface area contributed by atoms with Gasteiger partial charge in [-0.1, -0.05) is 0 Å². The maximum absolute atomic E-state index is 11.8. The molecular formula is C9H10BrNO2S. The molecule has 1 fully saturated rings. The van der Waals surface area contributed by atoms with E-state index in [0.717, 1.165) is 3.79 Å². The molecule has 2 heterocycles. The Kier molecular flexibility index (Phi) is 2.90. The highest BCUT2D eigenvalue weighted by Crippen LogP contribution is 2.23. The molecule has 0 unspecified atom stereocenters. The SMILES string of the molecule is O=C(c1csc(Br)c1)N1CC[C@H](O)C1. The number of thiophene rings is 1. The zero-order chi connectivity index (χ0) is 10.1. The first kappa shape index (κ1) is 10.1. The van der Waals surface area contributed by atoms with Crippen LogP contribution in [0.25, 0.3) is 0 Å². The molecule has 1 aliphatic rings. The molecule has 0 aromatic carbocycles. The maximum Gasteiger partial charge on any atom is 0.254 e. The van der Waals surface area contributed by atoms with Gasteiger partial charge in [0.25, 0.3) is 5.91 Å². The Morgan fingerprint density at radius 3 is 3.00 bits per heavy atom. The first-order chi connectivity index (χ1) is 6.66. The number of amides is 1. The molecule has 1 N–H and O–H groups in total. The van der Waals surface area contributed by atoms with Crippen molar-refractivity contribution < 1.29 is 9.90 Å². The summed E-state index contributed by atoms with van der Waals surface area (Å²) in [6.07, 6.45) is 0.345. The minimum Gasteiger partial charge on any atom is -0.391 e. The molecule has 76 valence electrons. The van der Waals surface area contributed by atoms with Crippen LogP contribution in [-0.4, -0.2) is 35.1 Å². The van der Waals surface area contributed by atoms with E-state index in [1.807, 2.05) is 11.4 Å². The third kappa shape index (κ3) is 1.99. The minimum atomic E-state index is -0.346. The minimum absolute atomic E-state index is 0.0171. The zero-order valence-electron chi connectivity index (χ0n) is 7.44. The standard InChI is InChI=1S/C9H10BrNO2S/c10-8-3-6(5-14-8)9(13)11-2-1-7(12)4-11/h3,5,7,12H,1-2,4H2/t7-/m0/s1. The molecule has 0 bridgehead atoms. The second kappa shape index (κ2) is 4.00. The summed E-state index contributed by atoms with van der Waals surface area (Å²) >= 11 is 4.82. The van der Waals surface area contributed by atoms with Crippen molar-refractivity contribution in [3.8, 4) is 0 Å². The van der Waals surface area contributed by atoms with Crippen LogP contribution in [0.2, 0.25) is 0 Å². The molecule has 0 aliphatic carbocycles. The monoisotopic (exact) mass is 275 g/mol. The summed E-state index contributed by atoms with van der Waals surface area (Å²) in [5.74, 6) is 0.0171. The number of hydrogen-bond donors (Lipinski definition) is 1. The van der Waals surface area contributed by atoms with Crippen LogP contribution in [0.3, 0.4) is 0 Å². The van der Waals surface area contributed by atoms with Gasteiger partial charge in [0.2, 0.25) is 0 Å². The van der Waals surface area contributed by atoms with Crippen molar-refractivity contribution in [2.75, 3.05) is 13.1 Å². The van der Waals surface area contributed by atoms with Crippen LogP contribution in [0.1, 0.15) is 16.8 Å². The van der Waals surface area contributed by atoms with Gasteiger partial charge in [-0.15, -0.1) is 11.3 Å². The van der Waals surface area contributed by atoms with E-state index in [2.05, 4.69) is 15.9 Å². The number of carbonyl (C=O) groups excluding carboxylic acids is 1. The van der Waals surface area contributed by atoms with E-state index in [4.69, 9.17) is 0 Å². The van der Waals surface area contributed by atoms with E-state index in [1.165, 1.54) is 11.3 Å². The quantitative estimate of drug-likeness (QED) is 0.848. The summed E-state index contributed by atoms with van der Waals surface area (Å²) in [5, 5.41) is 11.1. The summed E-state index contributed by atoms with van der Waals surface area (Å²) in [7, 11) is 0. The zero-order valence-corrected chi connectivity index (χ0v) is 9.84. The van der Waals surface area contributed by atoms with E-state index >= 15 is 0 Å². The number of rotatable bonds is 1. The predicted octanol–water partition coefficient (Wildman–Crippen LogP) is 1.72. The fourth-order valence-corrected chi connectivity index (χ4v) is 2.66. The van der Waals surface area contributed by atoms with Crippen molar-refractivity contribution in [3.05, 3.63) is 20.8 Å². The molecule has 0 saturated carbocycles. The van der Waals surface area contributed by atoms with E-state index in [9.17, 15) is 9.90 Å². The van der Waals surface area contributed by atoms with Crippen LogP contribution in [0.4, 0.5) is 0 Å². The molecule has 2 rings (SSSR count). The molecule has 5 heteroatoms. The summed E-state index contributed by atoms with van der Waals surface area (Å²) < 4.78 is 0.959. The van der Waals surface area contributed by atoms with Crippen molar-refractivity contribution in [1.29, 1.82) is 0 Å². The molecule has 1 atom stereocenters. The smallest absolute Gasteiger partial charge is 0.254 e. The Balaban J connectivity index is 2.09. The molecule has 0 radical (unpaired) electrons. The fraction of sp³-hybridized carbons (Fsp3) is 0.444. The van der Waals surface area contributed by atoms with E-state index < -0.39 is 0 Å². The Hall–Kier alpha value is -0.390. The summed E-state index contributed by atoms with van der Waals surface area (Å²) in [4.78, 5) is 13.5. The number of aliphatic hydroxyl groups is 1. The van der Waals surface area contributed by atoms with Crippen molar-refractivity contribution in [3.63, 3.8) is 0 Å². The highest BCUT2D eigenvalue weighted by Gasteiger charge is 2.25. The number of likely N-dealkylation sites (tertiary alicyclic amines) is 1. The normalized spacial score (nSPS) is 21.6. The highest BCUT2D eigenvalue weighted by atomic mass is 79.9. The lowest BCUT2D eigenvalue weighted by Crippen LogP contribution is -2.29. The van der Waals surface area contributed by atoms with Gasteiger partial charge in [-0.2, -0.15) is 0 Å². The Morgan fingerprint density at radius 2 is 2.50 bits per heavy atom. The van der Waals surface area contributed by atoms with Crippen LogP contribution in [0, 0.1) is 0 Å². The number of β-amino-alcohol motifs (C(OH)–C–C–N with tert-alkyl or cyclic N) is 1. The lowest BCUT2D eigenvalue weighted by Gasteiger charge is -2.13. The second-order valence-electron chi connectivity index (χ2n) is 3.33. The Morgan fingerprint density at radius 1 is 1.71 bits per heavy atom. The largest absolute Gasteiger partial charge is 0.391 e. The van der Waals surface area contributed by atoms with E-state index in [0.29, 0.717) is 25.1 Å². The summed E-state index contributed by atoms with van der Waals surface area (Å²) in [6, 6.07) is 1.82. The van der Waals surface area contributed by atoms with Crippen LogP contribution in [-0.2, 0) is 0 Å². The van der Waals surface area contributed by atoms with Gasteiger partial charge in [-0.3, -0.25) is 4.79 Å². The fourth-order valence-electron chi connectivity index (χ4n) is 1.53. The maximum atomic E-state index is 11.8. The molecule has 0 spiro atoms. The van der Waals surface area contributed by atoms with Gasteiger partial charge in [0.1, 0.15) is 0 Å². The predicted molar refractivity (Wildman–Crippen MR) is 58.5 cm³/mol. The number of nitrogens with zero attached hydrogens (tertiary/aromatic N) is 1. The van der Waals surface area contributed by atoms with E-state index in [-0.39, 0.29) is 12.0 Å². The molecule has 1 aromatic heterocycles. The van der Waals surface area contributed by atoms with Crippen molar-refractivity contribution in [2.24, 2.45) is 0 Å². The molecule has 1 amide bonds. The van der Waals surface area contributed by atoms with E-state index in [1.54, 1.807) is 4.90 Å². The molecule has 1 aliphatic heterocycles. The first-order valence-corrected chi connectivity index (χ1v) is 6.05. The van der Waals surface area contributed by atoms with Crippen LogP contribution in [0.5, 0.6) is 0 Å². The van der Waals surface area contributed by atoms with Gasteiger partial charge >= 0.3 is 0 Å². The lowest BCUT2D eigenvalue weighted by molar-refractivity contribution is 0.0765. The summed E-state index contributed by atoms with van der Waals surface area (Å²) in [5.41, 5.74) is 0.705. The Bertz CT molecular complexity index is 352. The van der Waals surface area contributed by atoms with Crippen LogP contribution >= 0.6 is 27.3 Å². The molecule has 1 saturated heterocycles. The third-order valence-electron chi connectivity index (χ3n) is 2.26. The number of aliphatic hydroxyl groups excluding tert-OH is 1. The molecule has 14 heavy (non-hydrogen) atoms. The molecule has 3 nitrogen and oxygen atoms in total. The lowest BCUT2D eigenvalue weighted by atomic mass is 10.3. The van der Waals surface area contributed by atoms with Gasteiger partial charge in [0.15, 0.2) is 0 Å². The molecular weight excluding hydrogens is 266 g/mol. The average Bonchev–Trinajstić information content (AvgIpc) is 2.73. The average molecular weight is 276 g/mol. The van der Waals surface area contributed by atoms with Crippen LogP contribution < -0.4 is 0 Å². The summed E-state index contributed by atoms with van der Waals surface area (Å²) in [6.45, 7) is 1.12. The van der Waals surface area contributed by atoms with Gasteiger partial charge in [-0.25, -0.2) is 0 Å². The topological polar surface area (TPSA) is 40.5 Å². The van der Waals surface area contributed by atoms with Gasteiger partial charge < -0.3 is 10.0 Å². The van der Waals surface area contributed by atoms with Crippen LogP contribution in [0.15, 0.2) is 15.2 Å². The van der Waals surface area contributed by atoms with Crippen molar-refractivity contribution in [2.45, 2.75) is 12.5 Å². The van der Waals surface area contributed by atoms with Crippen molar-refractivity contribution in [1.82, 2.24) is 4.90 Å². The Labute approximate surface area is 94.5 Å². The number of hydrogen-bond acceptors (Lipinski definition) is 3. The van der Waals surface area contributed by atoms with Gasteiger partial charge in [0, 0.05) is 18.5 Å². The van der Waals surface area contributed by atoms with Gasteiger partial charge in [-0.05, 0) is 28.4 Å². The van der Waals surface area contributed by atoms with Crippen molar-refractivity contribution >= 4 is 33.2 Å². The number of halogens is 1. The second-order valence-corrected chi connectivity index (χ2v) is 5.62. The first-order valence-electron chi connectivity index (χ1n) is 4.38. The highest BCUT2D eigenvalue weighted by molar-refractivity contribution is 9.11. The number of carbonyl (C=O) groups is 1. The third-order valence-corrected chi connectivity index (χ3v) is 3.77. The molecule has 1 aromatic rings.